The molecule has 0 spiro atoms. The van der Waals surface area contributed by atoms with E-state index in [4.69, 9.17) is 9.47 Å². The van der Waals surface area contributed by atoms with Crippen LogP contribution in [0.2, 0.25) is 0 Å². The summed E-state index contributed by atoms with van der Waals surface area (Å²) in [6.45, 7) is 7.15. The maximum absolute atomic E-state index is 12.0. The van der Waals surface area contributed by atoms with E-state index in [9.17, 15) is 4.79 Å². The van der Waals surface area contributed by atoms with Crippen LogP contribution in [0.3, 0.4) is 0 Å². The van der Waals surface area contributed by atoms with Crippen molar-refractivity contribution in [3.63, 3.8) is 0 Å². The first-order chi connectivity index (χ1) is 18.1. The number of hydrogen-bond donors (Lipinski definition) is 0. The Balaban J connectivity index is 1.59. The quantitative estimate of drug-likeness (QED) is 0.124. The number of unbranched alkanes of at least 4 members (excludes halogenated alkanes) is 13. The van der Waals surface area contributed by atoms with Gasteiger partial charge in [0.1, 0.15) is 11.9 Å². The van der Waals surface area contributed by atoms with Crippen LogP contribution in [0.5, 0.6) is 5.75 Å². The molecule has 0 radical (unpaired) electrons. The largest absolute Gasteiger partial charge is 0.494 e. The lowest BCUT2D eigenvalue weighted by molar-refractivity contribution is -0.148. The maximum Gasteiger partial charge on any atom is 0.306 e. The number of carbonyl (C=O) groups is 1. The monoisotopic (exact) mass is 508 g/mol. The second-order valence-corrected chi connectivity index (χ2v) is 10.5. The normalized spacial score (nSPS) is 11.9. The molecule has 3 nitrogen and oxygen atoms in total. The summed E-state index contributed by atoms with van der Waals surface area (Å²) >= 11 is 0. The number of rotatable bonds is 21. The molecule has 206 valence electrons. The van der Waals surface area contributed by atoms with Crippen LogP contribution in [-0.4, -0.2) is 12.6 Å². The van der Waals surface area contributed by atoms with Crippen molar-refractivity contribution in [3.05, 3.63) is 54.1 Å². The average molecular weight is 509 g/mol. The molecular weight excluding hydrogens is 456 g/mol. The number of esters is 1. The highest BCUT2D eigenvalue weighted by atomic mass is 16.5. The van der Waals surface area contributed by atoms with Crippen molar-refractivity contribution in [1.29, 1.82) is 0 Å². The Morgan fingerprint density at radius 1 is 0.622 bits per heavy atom. The molecule has 0 saturated heterocycles. The molecule has 37 heavy (non-hydrogen) atoms. The fraction of sp³-hybridized carbons (Fsp3) is 0.618. The lowest BCUT2D eigenvalue weighted by Gasteiger charge is -2.14. The summed E-state index contributed by atoms with van der Waals surface area (Å²) in [7, 11) is 0. The maximum atomic E-state index is 12.0. The van der Waals surface area contributed by atoms with Crippen LogP contribution in [0.25, 0.3) is 11.1 Å². The van der Waals surface area contributed by atoms with Gasteiger partial charge >= 0.3 is 5.97 Å². The zero-order valence-electron chi connectivity index (χ0n) is 23.9. The molecule has 2 rings (SSSR count). The molecule has 1 atom stereocenters. The van der Waals surface area contributed by atoms with Gasteiger partial charge in [0, 0.05) is 6.42 Å². The Labute approximate surface area is 227 Å². The molecule has 0 aliphatic heterocycles. The Morgan fingerprint density at radius 3 is 1.62 bits per heavy atom. The third-order valence-electron chi connectivity index (χ3n) is 7.13. The molecule has 1 unspecified atom stereocenters. The summed E-state index contributed by atoms with van der Waals surface area (Å²) in [6.07, 6.45) is 19.7. The summed E-state index contributed by atoms with van der Waals surface area (Å²) in [6, 6.07) is 16.6. The third-order valence-corrected chi connectivity index (χ3v) is 7.13. The van der Waals surface area contributed by atoms with Crippen LogP contribution in [0, 0.1) is 0 Å². The van der Waals surface area contributed by atoms with E-state index in [-0.39, 0.29) is 12.1 Å². The number of benzene rings is 2. The predicted molar refractivity (Wildman–Crippen MR) is 157 cm³/mol. The first kappa shape index (κ1) is 30.9. The fourth-order valence-electron chi connectivity index (χ4n) is 4.67. The van der Waals surface area contributed by atoms with Gasteiger partial charge in [-0.25, -0.2) is 0 Å². The van der Waals surface area contributed by atoms with Crippen molar-refractivity contribution in [3.8, 4) is 16.9 Å². The molecule has 0 saturated carbocycles. The molecule has 0 heterocycles. The van der Waals surface area contributed by atoms with Crippen molar-refractivity contribution in [2.45, 2.75) is 130 Å². The third kappa shape index (κ3) is 13.7. The summed E-state index contributed by atoms with van der Waals surface area (Å²) < 4.78 is 11.6. The van der Waals surface area contributed by atoms with E-state index in [0.717, 1.165) is 54.7 Å². The van der Waals surface area contributed by atoms with E-state index in [1.54, 1.807) is 0 Å². The summed E-state index contributed by atoms with van der Waals surface area (Å²) in [5.41, 5.74) is 3.33. The van der Waals surface area contributed by atoms with Gasteiger partial charge in [-0.05, 0) is 48.6 Å². The molecule has 2 aromatic rings. The molecule has 0 amide bonds. The lowest BCUT2D eigenvalue weighted by atomic mass is 10.0. The molecule has 0 bridgehead atoms. The van der Waals surface area contributed by atoms with Crippen molar-refractivity contribution in [2.24, 2.45) is 0 Å². The summed E-state index contributed by atoms with van der Waals surface area (Å²) in [5.74, 6) is 0.830. The van der Waals surface area contributed by atoms with Gasteiger partial charge in [-0.3, -0.25) is 4.79 Å². The smallest absolute Gasteiger partial charge is 0.306 e. The molecule has 0 fully saturated rings. The Hall–Kier alpha value is -2.29. The summed E-state index contributed by atoms with van der Waals surface area (Å²) in [4.78, 5) is 12.0. The number of carbonyl (C=O) groups excluding carboxylic acids is 1. The van der Waals surface area contributed by atoms with Crippen molar-refractivity contribution in [2.75, 3.05) is 6.61 Å². The minimum absolute atomic E-state index is 0.107. The van der Waals surface area contributed by atoms with Gasteiger partial charge in [-0.15, -0.1) is 0 Å². The molecule has 0 aliphatic rings. The van der Waals surface area contributed by atoms with Crippen LogP contribution in [-0.2, 0) is 9.53 Å². The highest BCUT2D eigenvalue weighted by molar-refractivity contribution is 5.69. The fourth-order valence-corrected chi connectivity index (χ4v) is 4.67. The van der Waals surface area contributed by atoms with Gasteiger partial charge in [0.15, 0.2) is 0 Å². The van der Waals surface area contributed by atoms with Crippen molar-refractivity contribution in [1.82, 2.24) is 0 Å². The zero-order chi connectivity index (χ0) is 26.6. The highest BCUT2D eigenvalue weighted by Crippen LogP contribution is 2.26. The van der Waals surface area contributed by atoms with Gasteiger partial charge in [0.05, 0.1) is 6.61 Å². The SMILES string of the molecule is CCCCCCCCCCCCCCOc1ccc(-c2ccc(C(C)OC(=O)CCCCC)cc2)cc1. The topological polar surface area (TPSA) is 35.5 Å². The predicted octanol–water partition coefficient (Wildman–Crippen LogP) is 10.6. The van der Waals surface area contributed by atoms with E-state index < -0.39 is 0 Å². The van der Waals surface area contributed by atoms with E-state index in [1.807, 2.05) is 6.92 Å². The van der Waals surface area contributed by atoms with Crippen molar-refractivity contribution >= 4 is 5.97 Å². The first-order valence-corrected chi connectivity index (χ1v) is 15.2. The molecule has 0 N–H and O–H groups in total. The highest BCUT2D eigenvalue weighted by Gasteiger charge is 2.11. The van der Waals surface area contributed by atoms with E-state index in [1.165, 1.54) is 70.6 Å². The van der Waals surface area contributed by atoms with Crippen LogP contribution >= 0.6 is 0 Å². The van der Waals surface area contributed by atoms with Gasteiger partial charge in [-0.2, -0.15) is 0 Å². The van der Waals surface area contributed by atoms with Gasteiger partial charge in [-0.1, -0.05) is 134 Å². The summed E-state index contributed by atoms with van der Waals surface area (Å²) in [5, 5.41) is 0. The molecule has 0 aliphatic carbocycles. The van der Waals surface area contributed by atoms with E-state index >= 15 is 0 Å². The van der Waals surface area contributed by atoms with Crippen molar-refractivity contribution < 1.29 is 14.3 Å². The number of hydrogen-bond acceptors (Lipinski definition) is 3. The Kier molecular flexibility index (Phi) is 16.5. The zero-order valence-corrected chi connectivity index (χ0v) is 23.9. The van der Waals surface area contributed by atoms with Gasteiger partial charge in [0.2, 0.25) is 0 Å². The Bertz CT molecular complexity index is 825. The second kappa shape index (κ2) is 19.8. The van der Waals surface area contributed by atoms with Crippen LogP contribution in [0.1, 0.15) is 135 Å². The standard InChI is InChI=1S/C34H52O3/c1-4-6-8-9-10-11-12-13-14-15-16-18-28-36-33-26-24-32(25-27-33)31-22-20-30(21-23-31)29(3)37-34(35)19-17-7-5-2/h20-27,29H,4-19,28H2,1-3H3. The minimum atomic E-state index is -0.223. The minimum Gasteiger partial charge on any atom is -0.494 e. The second-order valence-electron chi connectivity index (χ2n) is 10.5. The van der Waals surface area contributed by atoms with Gasteiger partial charge in [0.25, 0.3) is 0 Å². The van der Waals surface area contributed by atoms with E-state index in [2.05, 4.69) is 62.4 Å². The average Bonchev–Trinajstić information content (AvgIpc) is 2.92. The van der Waals surface area contributed by atoms with Crippen LogP contribution < -0.4 is 4.74 Å². The molecule has 3 heteroatoms. The van der Waals surface area contributed by atoms with Crippen LogP contribution in [0.15, 0.2) is 48.5 Å². The van der Waals surface area contributed by atoms with E-state index in [0.29, 0.717) is 6.42 Å². The molecule has 0 aromatic heterocycles. The number of ether oxygens (including phenoxy) is 2. The Morgan fingerprint density at radius 2 is 1.08 bits per heavy atom. The first-order valence-electron chi connectivity index (χ1n) is 15.2. The van der Waals surface area contributed by atoms with Crippen LogP contribution in [0.4, 0.5) is 0 Å². The molecular formula is C34H52O3. The van der Waals surface area contributed by atoms with Gasteiger partial charge < -0.3 is 9.47 Å². The molecule has 2 aromatic carbocycles. The lowest BCUT2D eigenvalue weighted by Crippen LogP contribution is -2.08.